The summed E-state index contributed by atoms with van der Waals surface area (Å²) in [5.74, 6) is 0. The third-order valence-electron chi connectivity index (χ3n) is 0.908. The van der Waals surface area contributed by atoms with Crippen LogP contribution in [0, 0.1) is 0 Å². The van der Waals surface area contributed by atoms with Crippen LogP contribution in [0.4, 0.5) is 0 Å². The van der Waals surface area contributed by atoms with Crippen molar-refractivity contribution >= 4 is 0 Å². The molecule has 0 fully saturated rings. The second-order valence-electron chi connectivity index (χ2n) is 3.40. The summed E-state index contributed by atoms with van der Waals surface area (Å²) >= 11 is 0. The van der Waals surface area contributed by atoms with Crippen LogP contribution in [0.15, 0.2) is 0 Å². The maximum atomic E-state index is 8.86. The zero-order chi connectivity index (χ0) is 8.91. The van der Waals surface area contributed by atoms with Gasteiger partial charge in [-0.15, -0.1) is 0 Å². The van der Waals surface area contributed by atoms with E-state index in [0.717, 1.165) is 0 Å². The number of aliphatic hydroxyl groups excluding tert-OH is 2. The molecule has 0 aliphatic heterocycles. The third-order valence-corrected chi connectivity index (χ3v) is 0.908. The molecule has 0 spiro atoms. The lowest BCUT2D eigenvalue weighted by Gasteiger charge is -2.20. The van der Waals surface area contributed by atoms with Gasteiger partial charge in [0.05, 0.1) is 18.3 Å². The second-order valence-corrected chi connectivity index (χ2v) is 3.40. The maximum Gasteiger partial charge on any atom is 0.0918 e. The van der Waals surface area contributed by atoms with Crippen molar-refractivity contribution in [3.63, 3.8) is 0 Å². The third kappa shape index (κ3) is 7.74. The van der Waals surface area contributed by atoms with Crippen LogP contribution >= 0.6 is 0 Å². The Morgan fingerprint density at radius 2 is 2.00 bits per heavy atom. The fourth-order valence-corrected chi connectivity index (χ4v) is 0.419. The first kappa shape index (κ1) is 10.8. The van der Waals surface area contributed by atoms with E-state index in [1.165, 1.54) is 0 Å². The molecular weight excluding hydrogens is 146 g/mol. The molecule has 0 aromatic heterocycles. The molecule has 0 unspecified atom stereocenters. The zero-order valence-electron chi connectivity index (χ0n) is 7.29. The summed E-state index contributed by atoms with van der Waals surface area (Å²) in [6, 6.07) is 0. The minimum atomic E-state index is -0.752. The molecule has 0 aromatic carbocycles. The number of nitrogens with one attached hydrogen (secondary N) is 1. The average molecular weight is 163 g/mol. The van der Waals surface area contributed by atoms with Gasteiger partial charge in [0.15, 0.2) is 0 Å². The summed E-state index contributed by atoms with van der Waals surface area (Å²) in [6.07, 6.45) is -0.752. The Balaban J connectivity index is 3.28. The van der Waals surface area contributed by atoms with Gasteiger partial charge in [-0.25, -0.2) is 0 Å². The second kappa shape index (κ2) is 4.66. The fraction of sp³-hybridized carbons (Fsp3) is 1.00. The largest absolute Gasteiger partial charge is 0.394 e. The highest BCUT2D eigenvalue weighted by Crippen LogP contribution is 2.02. The highest BCUT2D eigenvalue weighted by atomic mass is 16.7. The molecular formula is C7H17NO3. The Morgan fingerprint density at radius 1 is 1.45 bits per heavy atom. The van der Waals surface area contributed by atoms with Crippen molar-refractivity contribution in [2.45, 2.75) is 32.5 Å². The molecule has 0 aliphatic carbocycles. The van der Waals surface area contributed by atoms with Crippen LogP contribution in [-0.2, 0) is 4.84 Å². The Morgan fingerprint density at radius 3 is 2.36 bits per heavy atom. The normalized spacial score (nSPS) is 15.0. The quantitative estimate of drug-likeness (QED) is 0.496. The van der Waals surface area contributed by atoms with Crippen molar-refractivity contribution in [3.05, 3.63) is 0 Å². The first-order chi connectivity index (χ1) is 4.95. The molecule has 0 saturated carbocycles. The minimum Gasteiger partial charge on any atom is -0.394 e. The molecule has 0 saturated heterocycles. The van der Waals surface area contributed by atoms with Gasteiger partial charge < -0.3 is 10.2 Å². The Bertz CT molecular complexity index is 100. The van der Waals surface area contributed by atoms with Crippen LogP contribution < -0.4 is 5.48 Å². The van der Waals surface area contributed by atoms with Crippen LogP contribution in [-0.4, -0.2) is 35.1 Å². The van der Waals surface area contributed by atoms with Gasteiger partial charge in [-0.2, -0.15) is 5.48 Å². The molecule has 4 heteroatoms. The van der Waals surface area contributed by atoms with E-state index in [-0.39, 0.29) is 18.8 Å². The molecule has 0 amide bonds. The van der Waals surface area contributed by atoms with Crippen LogP contribution in [0.5, 0.6) is 0 Å². The predicted molar refractivity (Wildman–Crippen MR) is 41.9 cm³/mol. The molecule has 0 aromatic rings. The van der Waals surface area contributed by atoms with E-state index in [0.29, 0.717) is 0 Å². The fourth-order valence-electron chi connectivity index (χ4n) is 0.419. The van der Waals surface area contributed by atoms with Crippen molar-refractivity contribution in [1.29, 1.82) is 0 Å². The van der Waals surface area contributed by atoms with Crippen molar-refractivity contribution in [1.82, 2.24) is 5.48 Å². The van der Waals surface area contributed by atoms with E-state index in [1.54, 1.807) is 0 Å². The molecule has 0 rings (SSSR count). The summed E-state index contributed by atoms with van der Waals surface area (Å²) in [5.41, 5.74) is 2.30. The number of hydrogen-bond donors (Lipinski definition) is 3. The number of aliphatic hydroxyl groups is 2. The zero-order valence-corrected chi connectivity index (χ0v) is 7.29. The molecule has 1 atom stereocenters. The molecule has 0 aliphatic rings. The van der Waals surface area contributed by atoms with E-state index in [2.05, 4.69) is 5.48 Å². The number of hydrogen-bond acceptors (Lipinski definition) is 4. The molecule has 68 valence electrons. The van der Waals surface area contributed by atoms with Gasteiger partial charge in [-0.1, -0.05) is 0 Å². The minimum absolute atomic E-state index is 0.244. The average Bonchev–Trinajstić information content (AvgIpc) is 1.85. The Hall–Kier alpha value is -0.160. The highest BCUT2D eigenvalue weighted by Gasteiger charge is 2.10. The summed E-state index contributed by atoms with van der Waals surface area (Å²) < 4.78 is 0. The molecule has 0 heterocycles. The highest BCUT2D eigenvalue weighted by molar-refractivity contribution is 4.58. The van der Waals surface area contributed by atoms with Gasteiger partial charge >= 0.3 is 0 Å². The number of rotatable bonds is 4. The van der Waals surface area contributed by atoms with Crippen LogP contribution in [0.1, 0.15) is 20.8 Å². The predicted octanol–water partition coefficient (Wildman–Crippen LogP) is -0.341. The molecule has 11 heavy (non-hydrogen) atoms. The monoisotopic (exact) mass is 163 g/mol. The van der Waals surface area contributed by atoms with Crippen LogP contribution in [0.25, 0.3) is 0 Å². The van der Waals surface area contributed by atoms with Crippen LogP contribution in [0.2, 0.25) is 0 Å². The topological polar surface area (TPSA) is 61.7 Å². The van der Waals surface area contributed by atoms with Gasteiger partial charge in [0.1, 0.15) is 0 Å². The van der Waals surface area contributed by atoms with E-state index in [9.17, 15) is 0 Å². The van der Waals surface area contributed by atoms with E-state index < -0.39 is 6.10 Å². The first-order valence-corrected chi connectivity index (χ1v) is 3.65. The first-order valence-electron chi connectivity index (χ1n) is 3.65. The van der Waals surface area contributed by atoms with E-state index >= 15 is 0 Å². The Kier molecular flexibility index (Phi) is 4.60. The van der Waals surface area contributed by atoms with Gasteiger partial charge in [-0.05, 0) is 20.8 Å². The molecule has 0 bridgehead atoms. The number of hydroxylamine groups is 1. The van der Waals surface area contributed by atoms with Gasteiger partial charge in [0.2, 0.25) is 0 Å². The van der Waals surface area contributed by atoms with Crippen molar-refractivity contribution in [2.75, 3.05) is 13.2 Å². The molecule has 0 radical (unpaired) electrons. The summed E-state index contributed by atoms with van der Waals surface area (Å²) in [7, 11) is 0. The Labute approximate surface area is 67.1 Å². The lowest BCUT2D eigenvalue weighted by atomic mass is 10.2. The van der Waals surface area contributed by atoms with E-state index in [1.807, 2.05) is 20.8 Å². The van der Waals surface area contributed by atoms with Crippen molar-refractivity contribution in [3.8, 4) is 0 Å². The lowest BCUT2D eigenvalue weighted by molar-refractivity contribution is -0.0865. The standard InChI is InChI=1S/C7H17NO3/c1-7(2,3)11-8-4-6(10)5-9/h6,8-10H,4-5H2,1-3H3/t6-/m0/s1. The van der Waals surface area contributed by atoms with Gasteiger partial charge in [0, 0.05) is 6.54 Å². The molecule has 3 N–H and O–H groups in total. The lowest BCUT2D eigenvalue weighted by Crippen LogP contribution is -2.35. The summed E-state index contributed by atoms with van der Waals surface area (Å²) in [5, 5.41) is 17.3. The van der Waals surface area contributed by atoms with Gasteiger partial charge in [0.25, 0.3) is 0 Å². The smallest absolute Gasteiger partial charge is 0.0918 e. The summed E-state index contributed by atoms with van der Waals surface area (Å²) in [6.45, 7) is 5.68. The van der Waals surface area contributed by atoms with Crippen molar-refractivity contribution < 1.29 is 15.1 Å². The molecule has 4 nitrogen and oxygen atoms in total. The van der Waals surface area contributed by atoms with Crippen LogP contribution in [0.3, 0.4) is 0 Å². The maximum absolute atomic E-state index is 8.86. The van der Waals surface area contributed by atoms with Crippen molar-refractivity contribution in [2.24, 2.45) is 0 Å². The van der Waals surface area contributed by atoms with E-state index in [4.69, 9.17) is 15.1 Å². The summed E-state index contributed by atoms with van der Waals surface area (Å²) in [4.78, 5) is 5.08. The van der Waals surface area contributed by atoms with Gasteiger partial charge in [-0.3, -0.25) is 4.84 Å². The SMILES string of the molecule is CC(C)(C)ONC[C@H](O)CO.